The van der Waals surface area contributed by atoms with Crippen molar-refractivity contribution in [2.75, 3.05) is 13.2 Å². The minimum absolute atomic E-state index is 0.570. The maximum Gasteiger partial charge on any atom is 0.184 e. The van der Waals surface area contributed by atoms with Crippen molar-refractivity contribution in [2.24, 2.45) is 11.3 Å². The van der Waals surface area contributed by atoms with E-state index in [-0.39, 0.29) is 0 Å². The summed E-state index contributed by atoms with van der Waals surface area (Å²) in [4.78, 5) is 12.2. The van der Waals surface area contributed by atoms with E-state index < -0.39 is 79.3 Å². The molecule has 0 saturated carbocycles. The van der Waals surface area contributed by atoms with Gasteiger partial charge in [-0.05, 0) is 0 Å². The minimum Gasteiger partial charge on any atom is -0.394 e. The second-order valence-electron chi connectivity index (χ2n) is 7.97. The Balaban J connectivity index is 3.02. The molecule has 0 aromatic carbocycles. The molecule has 5 unspecified atom stereocenters. The van der Waals surface area contributed by atoms with Crippen molar-refractivity contribution in [3.05, 3.63) is 0 Å². The highest BCUT2D eigenvalue weighted by Gasteiger charge is 2.46. The molecule has 10 heteroatoms. The third kappa shape index (κ3) is 5.66. The van der Waals surface area contributed by atoms with E-state index in [2.05, 4.69) is 0 Å². The number of rotatable bonds is 8. The van der Waals surface area contributed by atoms with Gasteiger partial charge in [-0.1, -0.05) is 27.7 Å². The molecule has 0 radical (unpaired) electrons. The number of ether oxygens (including phenoxy) is 2. The zero-order chi connectivity index (χ0) is 21.1. The molecule has 1 rings (SSSR count). The fourth-order valence-corrected chi connectivity index (χ4v) is 2.82. The second-order valence-corrected chi connectivity index (χ2v) is 7.97. The maximum atomic E-state index is 12.2. The van der Waals surface area contributed by atoms with Crippen LogP contribution in [0.25, 0.3) is 0 Å². The molecule has 9 atom stereocenters. The van der Waals surface area contributed by atoms with E-state index in [4.69, 9.17) is 9.47 Å². The van der Waals surface area contributed by atoms with Gasteiger partial charge in [-0.3, -0.25) is 4.79 Å². The van der Waals surface area contributed by atoms with E-state index in [1.54, 1.807) is 0 Å². The second kappa shape index (κ2) is 9.68. The zero-order valence-electron chi connectivity index (χ0n) is 16.0. The standard InChI is InChI=1S/C17H32O10/c1-7-10(21)9(6-19)26-16(11(7)22)27-14(8(20)5-18)12(23)13(24)15(25)17(2,3)4/h7-14,16,18-24H,5-6H2,1-4H3/t7?,8-,9?,10?,11?,12-,13-,14-,16?/m1/s1. The Morgan fingerprint density at radius 3 is 2.11 bits per heavy atom. The summed E-state index contributed by atoms with van der Waals surface area (Å²) in [7, 11) is 0. The molecule has 7 N–H and O–H groups in total. The minimum atomic E-state index is -1.93. The van der Waals surface area contributed by atoms with Crippen molar-refractivity contribution in [3.63, 3.8) is 0 Å². The molecule has 0 aromatic heterocycles. The van der Waals surface area contributed by atoms with Crippen molar-refractivity contribution >= 4 is 5.78 Å². The predicted octanol–water partition coefficient (Wildman–Crippen LogP) is -2.86. The lowest BCUT2D eigenvalue weighted by Gasteiger charge is -2.43. The molecule has 160 valence electrons. The summed E-state index contributed by atoms with van der Waals surface area (Å²) in [6.45, 7) is 4.66. The van der Waals surface area contributed by atoms with E-state index >= 15 is 0 Å². The number of carbonyl (C=O) groups excluding carboxylic acids is 1. The summed E-state index contributed by atoms with van der Waals surface area (Å²) in [5.74, 6) is -1.48. The third-order valence-electron chi connectivity index (χ3n) is 4.75. The van der Waals surface area contributed by atoms with Gasteiger partial charge in [0.05, 0.1) is 19.3 Å². The van der Waals surface area contributed by atoms with Crippen LogP contribution in [0.4, 0.5) is 0 Å². The van der Waals surface area contributed by atoms with Gasteiger partial charge in [0.25, 0.3) is 0 Å². The number of hydrogen-bond acceptors (Lipinski definition) is 10. The van der Waals surface area contributed by atoms with Gasteiger partial charge >= 0.3 is 0 Å². The highest BCUT2D eigenvalue weighted by Crippen LogP contribution is 2.29. The van der Waals surface area contributed by atoms with Crippen LogP contribution in [-0.4, -0.2) is 104 Å². The summed E-state index contributed by atoms with van der Waals surface area (Å²) in [5, 5.41) is 69.2. The normalized spacial score (nSPS) is 34.0. The molecule has 1 saturated heterocycles. The lowest BCUT2D eigenvalue weighted by atomic mass is 9.84. The topological polar surface area (TPSA) is 177 Å². The zero-order valence-corrected chi connectivity index (χ0v) is 16.0. The van der Waals surface area contributed by atoms with Gasteiger partial charge in [0.2, 0.25) is 0 Å². The molecule has 27 heavy (non-hydrogen) atoms. The number of aliphatic hydroxyl groups excluding tert-OH is 7. The largest absolute Gasteiger partial charge is 0.394 e. The Hall–Kier alpha value is -0.690. The average Bonchev–Trinajstić information content (AvgIpc) is 2.62. The molecule has 0 amide bonds. The lowest BCUT2D eigenvalue weighted by Crippen LogP contribution is -2.59. The van der Waals surface area contributed by atoms with E-state index in [0.29, 0.717) is 0 Å². The first-order valence-electron chi connectivity index (χ1n) is 8.84. The summed E-state index contributed by atoms with van der Waals surface area (Å²) in [5.41, 5.74) is -0.990. The van der Waals surface area contributed by atoms with E-state index in [1.165, 1.54) is 27.7 Å². The number of carbonyl (C=O) groups is 1. The Labute approximate surface area is 158 Å². The van der Waals surface area contributed by atoms with Crippen molar-refractivity contribution in [1.29, 1.82) is 0 Å². The fourth-order valence-electron chi connectivity index (χ4n) is 2.82. The first-order chi connectivity index (χ1) is 12.4. The van der Waals surface area contributed by atoms with Crippen LogP contribution in [0.2, 0.25) is 0 Å². The fraction of sp³-hybridized carbons (Fsp3) is 0.941. The third-order valence-corrected chi connectivity index (χ3v) is 4.75. The summed E-state index contributed by atoms with van der Waals surface area (Å²) >= 11 is 0. The smallest absolute Gasteiger partial charge is 0.184 e. The molecular formula is C17H32O10. The molecule has 1 aliphatic rings. The van der Waals surface area contributed by atoms with Crippen molar-refractivity contribution in [1.82, 2.24) is 0 Å². The molecular weight excluding hydrogens is 364 g/mol. The first kappa shape index (κ1) is 24.3. The highest BCUT2D eigenvalue weighted by atomic mass is 16.7. The molecule has 0 aromatic rings. The average molecular weight is 396 g/mol. The maximum absolute atomic E-state index is 12.2. The molecule has 1 fully saturated rings. The van der Waals surface area contributed by atoms with Crippen LogP contribution in [0.3, 0.4) is 0 Å². The van der Waals surface area contributed by atoms with E-state index in [9.17, 15) is 40.5 Å². The molecule has 1 aliphatic heterocycles. The molecule has 1 heterocycles. The number of ketones is 1. The number of Topliss-reactive ketones (excluding diaryl/α,β-unsaturated/α-hetero) is 1. The van der Waals surface area contributed by atoms with Crippen LogP contribution < -0.4 is 0 Å². The Morgan fingerprint density at radius 2 is 1.67 bits per heavy atom. The van der Waals surface area contributed by atoms with Crippen LogP contribution in [0.1, 0.15) is 27.7 Å². The summed E-state index contributed by atoms with van der Waals surface area (Å²) in [6.07, 6.45) is -12.4. The molecule has 0 bridgehead atoms. The lowest BCUT2D eigenvalue weighted by molar-refractivity contribution is -0.317. The van der Waals surface area contributed by atoms with Crippen molar-refractivity contribution in [2.45, 2.75) is 76.7 Å². The number of aliphatic hydroxyl groups is 7. The van der Waals surface area contributed by atoms with Gasteiger partial charge in [0, 0.05) is 11.3 Å². The van der Waals surface area contributed by atoms with Gasteiger partial charge in [0.15, 0.2) is 12.1 Å². The molecule has 10 nitrogen and oxygen atoms in total. The highest BCUT2D eigenvalue weighted by molar-refractivity contribution is 5.88. The Bertz CT molecular complexity index is 477. The first-order valence-corrected chi connectivity index (χ1v) is 8.84. The molecule has 0 spiro atoms. The van der Waals surface area contributed by atoms with Gasteiger partial charge < -0.3 is 45.2 Å². The SMILES string of the molecule is CC1C(O)C(CO)OC(O[C@@H]([C@H](O)[C@@H](O)C(=O)C(C)(C)C)[C@H](O)CO)C1O. The van der Waals surface area contributed by atoms with Gasteiger partial charge in [-0.25, -0.2) is 0 Å². The summed E-state index contributed by atoms with van der Waals surface area (Å²) in [6, 6.07) is 0. The van der Waals surface area contributed by atoms with Gasteiger partial charge in [0.1, 0.15) is 36.6 Å². The van der Waals surface area contributed by atoms with Crippen molar-refractivity contribution < 1.29 is 50.0 Å². The number of hydrogen-bond donors (Lipinski definition) is 7. The van der Waals surface area contributed by atoms with Crippen LogP contribution in [0, 0.1) is 11.3 Å². The van der Waals surface area contributed by atoms with E-state index in [0.717, 1.165) is 0 Å². The van der Waals surface area contributed by atoms with Crippen LogP contribution >= 0.6 is 0 Å². The van der Waals surface area contributed by atoms with Crippen LogP contribution in [-0.2, 0) is 14.3 Å². The van der Waals surface area contributed by atoms with E-state index in [1.807, 2.05) is 0 Å². The Morgan fingerprint density at radius 1 is 1.11 bits per heavy atom. The quantitative estimate of drug-likeness (QED) is 0.226. The van der Waals surface area contributed by atoms with Gasteiger partial charge in [-0.15, -0.1) is 0 Å². The Kier molecular flexibility index (Phi) is 8.73. The van der Waals surface area contributed by atoms with Crippen molar-refractivity contribution in [3.8, 4) is 0 Å². The molecule has 0 aliphatic carbocycles. The predicted molar refractivity (Wildman–Crippen MR) is 91.4 cm³/mol. The summed E-state index contributed by atoms with van der Waals surface area (Å²) < 4.78 is 10.7. The monoisotopic (exact) mass is 396 g/mol. The van der Waals surface area contributed by atoms with Crippen LogP contribution in [0.5, 0.6) is 0 Å². The van der Waals surface area contributed by atoms with Crippen LogP contribution in [0.15, 0.2) is 0 Å². The van der Waals surface area contributed by atoms with Gasteiger partial charge in [-0.2, -0.15) is 0 Å².